The minimum Gasteiger partial charge on any atom is -0.461 e. The SMILES string of the molecule is Cc1oc(-c2ccccc2)cc1C(=O)N1CC(N2CCN(C(=O)c3cscn3)CC2)C1. The van der Waals surface area contributed by atoms with E-state index in [1.165, 1.54) is 11.3 Å². The molecule has 8 heteroatoms. The lowest BCUT2D eigenvalue weighted by molar-refractivity contribution is 0.00836. The summed E-state index contributed by atoms with van der Waals surface area (Å²) < 4.78 is 5.85. The summed E-state index contributed by atoms with van der Waals surface area (Å²) >= 11 is 1.44. The average Bonchev–Trinajstić information content (AvgIpc) is 3.43. The van der Waals surface area contributed by atoms with Gasteiger partial charge in [-0.15, -0.1) is 11.3 Å². The monoisotopic (exact) mass is 436 g/mol. The number of piperazine rings is 1. The first-order valence-corrected chi connectivity index (χ1v) is 11.4. The molecular weight excluding hydrogens is 412 g/mol. The highest BCUT2D eigenvalue weighted by Crippen LogP contribution is 2.28. The van der Waals surface area contributed by atoms with Crippen molar-refractivity contribution in [1.29, 1.82) is 0 Å². The summed E-state index contributed by atoms with van der Waals surface area (Å²) in [5, 5.41) is 1.80. The highest BCUT2D eigenvalue weighted by Gasteiger charge is 2.38. The molecule has 5 rings (SSSR count). The fraction of sp³-hybridized carbons (Fsp3) is 0.348. The van der Waals surface area contributed by atoms with Crippen LogP contribution in [0.5, 0.6) is 0 Å². The van der Waals surface area contributed by atoms with Gasteiger partial charge in [0.15, 0.2) is 0 Å². The van der Waals surface area contributed by atoms with Crippen LogP contribution < -0.4 is 0 Å². The van der Waals surface area contributed by atoms with Crippen molar-refractivity contribution in [3.05, 3.63) is 64.3 Å². The molecule has 0 unspecified atom stereocenters. The number of likely N-dealkylation sites (tertiary alicyclic amines) is 1. The number of carbonyl (C=O) groups is 2. The highest BCUT2D eigenvalue weighted by atomic mass is 32.1. The van der Waals surface area contributed by atoms with Crippen LogP contribution in [0.25, 0.3) is 11.3 Å². The zero-order chi connectivity index (χ0) is 21.4. The summed E-state index contributed by atoms with van der Waals surface area (Å²) in [5.74, 6) is 1.41. The maximum atomic E-state index is 13.0. The number of thiazole rings is 1. The number of aromatic nitrogens is 1. The number of benzene rings is 1. The van der Waals surface area contributed by atoms with Gasteiger partial charge in [0.05, 0.1) is 11.1 Å². The molecule has 2 aliphatic heterocycles. The second-order valence-corrected chi connectivity index (χ2v) is 8.73. The fourth-order valence-corrected chi connectivity index (χ4v) is 4.76. The van der Waals surface area contributed by atoms with Crippen LogP contribution in [0, 0.1) is 6.92 Å². The van der Waals surface area contributed by atoms with E-state index < -0.39 is 0 Å². The van der Waals surface area contributed by atoms with Gasteiger partial charge in [0.2, 0.25) is 0 Å². The zero-order valence-corrected chi connectivity index (χ0v) is 18.2. The second-order valence-electron chi connectivity index (χ2n) is 8.01. The zero-order valence-electron chi connectivity index (χ0n) is 17.4. The van der Waals surface area contributed by atoms with E-state index >= 15 is 0 Å². The number of rotatable bonds is 4. The van der Waals surface area contributed by atoms with Crippen molar-refractivity contribution >= 4 is 23.2 Å². The predicted molar refractivity (Wildman–Crippen MR) is 118 cm³/mol. The summed E-state index contributed by atoms with van der Waals surface area (Å²) in [6, 6.07) is 12.0. The summed E-state index contributed by atoms with van der Waals surface area (Å²) in [6.07, 6.45) is 0. The number of furan rings is 1. The second kappa shape index (κ2) is 8.28. The number of hydrogen-bond acceptors (Lipinski definition) is 6. The quantitative estimate of drug-likeness (QED) is 0.629. The van der Waals surface area contributed by atoms with Gasteiger partial charge in [-0.25, -0.2) is 4.98 Å². The molecule has 2 aliphatic rings. The largest absolute Gasteiger partial charge is 0.461 e. The Morgan fingerprint density at radius 2 is 1.77 bits per heavy atom. The van der Waals surface area contributed by atoms with Crippen LogP contribution in [-0.4, -0.2) is 76.8 Å². The van der Waals surface area contributed by atoms with E-state index in [2.05, 4.69) is 9.88 Å². The maximum absolute atomic E-state index is 13.0. The van der Waals surface area contributed by atoms with Crippen molar-refractivity contribution in [2.75, 3.05) is 39.3 Å². The molecule has 0 saturated carbocycles. The number of carbonyl (C=O) groups excluding carboxylic acids is 2. The van der Waals surface area contributed by atoms with E-state index in [1.807, 2.05) is 53.1 Å². The minimum absolute atomic E-state index is 0.0102. The van der Waals surface area contributed by atoms with Crippen LogP contribution in [0.15, 0.2) is 51.7 Å². The molecule has 160 valence electrons. The van der Waals surface area contributed by atoms with Crippen LogP contribution in [-0.2, 0) is 0 Å². The van der Waals surface area contributed by atoms with Gasteiger partial charge in [-0.1, -0.05) is 30.3 Å². The van der Waals surface area contributed by atoms with E-state index in [9.17, 15) is 9.59 Å². The van der Waals surface area contributed by atoms with Gasteiger partial charge in [0.1, 0.15) is 17.2 Å². The van der Waals surface area contributed by atoms with Gasteiger partial charge >= 0.3 is 0 Å². The molecule has 0 radical (unpaired) electrons. The van der Waals surface area contributed by atoms with Crippen LogP contribution in [0.2, 0.25) is 0 Å². The van der Waals surface area contributed by atoms with Crippen molar-refractivity contribution in [1.82, 2.24) is 19.7 Å². The smallest absolute Gasteiger partial charge is 0.273 e. The molecule has 3 aromatic rings. The molecule has 1 aromatic carbocycles. The van der Waals surface area contributed by atoms with E-state index in [-0.39, 0.29) is 11.8 Å². The van der Waals surface area contributed by atoms with E-state index in [0.29, 0.717) is 49.2 Å². The lowest BCUT2D eigenvalue weighted by Gasteiger charge is -2.48. The molecule has 2 amide bonds. The van der Waals surface area contributed by atoms with Crippen LogP contribution >= 0.6 is 11.3 Å². The van der Waals surface area contributed by atoms with Crippen LogP contribution in [0.4, 0.5) is 0 Å². The van der Waals surface area contributed by atoms with Crippen molar-refractivity contribution < 1.29 is 14.0 Å². The first-order valence-electron chi connectivity index (χ1n) is 10.5. The molecular formula is C23H24N4O3S. The summed E-state index contributed by atoms with van der Waals surface area (Å²) in [6.45, 7) is 6.31. The normalized spacial score (nSPS) is 17.6. The molecule has 7 nitrogen and oxygen atoms in total. The van der Waals surface area contributed by atoms with Crippen molar-refractivity contribution in [3.8, 4) is 11.3 Å². The Morgan fingerprint density at radius 3 is 2.45 bits per heavy atom. The van der Waals surface area contributed by atoms with Gasteiger partial charge in [0, 0.05) is 56.3 Å². The van der Waals surface area contributed by atoms with Gasteiger partial charge in [0.25, 0.3) is 11.8 Å². The number of hydrogen-bond donors (Lipinski definition) is 0. The van der Waals surface area contributed by atoms with Crippen molar-refractivity contribution in [3.63, 3.8) is 0 Å². The molecule has 0 aliphatic carbocycles. The molecule has 0 atom stereocenters. The Morgan fingerprint density at radius 1 is 1.03 bits per heavy atom. The summed E-state index contributed by atoms with van der Waals surface area (Å²) in [4.78, 5) is 35.7. The molecule has 2 saturated heterocycles. The standard InChI is InChI=1S/C23H24N4O3S/c1-16-19(11-21(30-16)17-5-3-2-4-6-17)22(28)27-12-18(13-27)25-7-9-26(10-8-25)23(29)20-14-31-15-24-20/h2-6,11,14-15,18H,7-10,12-13H2,1H3. The third-order valence-electron chi connectivity index (χ3n) is 6.13. The van der Waals surface area contributed by atoms with E-state index in [1.54, 1.807) is 10.9 Å². The highest BCUT2D eigenvalue weighted by molar-refractivity contribution is 7.07. The molecule has 0 bridgehead atoms. The van der Waals surface area contributed by atoms with Crippen molar-refractivity contribution in [2.24, 2.45) is 0 Å². The Bertz CT molecular complexity index is 1070. The summed E-state index contributed by atoms with van der Waals surface area (Å²) in [7, 11) is 0. The Hall–Kier alpha value is -2.97. The molecule has 2 fully saturated rings. The number of amides is 2. The third-order valence-corrected chi connectivity index (χ3v) is 6.71. The van der Waals surface area contributed by atoms with Gasteiger partial charge in [-0.2, -0.15) is 0 Å². The summed E-state index contributed by atoms with van der Waals surface area (Å²) in [5.41, 5.74) is 3.82. The number of nitrogens with zero attached hydrogens (tertiary/aromatic N) is 4. The fourth-order valence-electron chi connectivity index (χ4n) is 4.23. The van der Waals surface area contributed by atoms with Crippen LogP contribution in [0.1, 0.15) is 26.6 Å². The Balaban J connectivity index is 1.15. The van der Waals surface area contributed by atoms with Crippen LogP contribution in [0.3, 0.4) is 0 Å². The third kappa shape index (κ3) is 3.88. The minimum atomic E-state index is 0.0102. The topological polar surface area (TPSA) is 69.9 Å². The first-order chi connectivity index (χ1) is 15.1. The first kappa shape index (κ1) is 20.0. The molecule has 0 N–H and O–H groups in total. The Kier molecular flexibility index (Phi) is 5.33. The predicted octanol–water partition coefficient (Wildman–Crippen LogP) is 2.99. The Labute approximate surface area is 184 Å². The number of aryl methyl sites for hydroxylation is 1. The van der Waals surface area contributed by atoms with Gasteiger partial charge in [-0.05, 0) is 13.0 Å². The average molecular weight is 437 g/mol. The molecule has 2 aromatic heterocycles. The maximum Gasteiger partial charge on any atom is 0.273 e. The lowest BCUT2D eigenvalue weighted by atomic mass is 10.0. The van der Waals surface area contributed by atoms with E-state index in [0.717, 1.165) is 24.4 Å². The van der Waals surface area contributed by atoms with Crippen molar-refractivity contribution in [2.45, 2.75) is 13.0 Å². The van der Waals surface area contributed by atoms with Gasteiger partial charge < -0.3 is 14.2 Å². The molecule has 4 heterocycles. The van der Waals surface area contributed by atoms with Gasteiger partial charge in [-0.3, -0.25) is 14.5 Å². The molecule has 0 spiro atoms. The lowest BCUT2D eigenvalue weighted by Crippen LogP contribution is -2.64. The van der Waals surface area contributed by atoms with E-state index in [4.69, 9.17) is 4.42 Å². The molecule has 31 heavy (non-hydrogen) atoms.